The number of amides is 1. The lowest BCUT2D eigenvalue weighted by Gasteiger charge is -2.28. The first-order valence-electron chi connectivity index (χ1n) is 9.37. The molecular formula is C20H20FN3O5. The maximum Gasteiger partial charge on any atom is 0.293 e. The Hall–Kier alpha value is -3.20. The van der Waals surface area contributed by atoms with Crippen molar-refractivity contribution in [2.45, 2.75) is 12.5 Å². The van der Waals surface area contributed by atoms with Crippen molar-refractivity contribution in [3.63, 3.8) is 0 Å². The number of ether oxygens (including phenoxy) is 2. The largest absolute Gasteiger partial charge is 0.493 e. The van der Waals surface area contributed by atoms with E-state index in [0.717, 1.165) is 0 Å². The lowest BCUT2D eigenvalue weighted by atomic mass is 9.99. The van der Waals surface area contributed by atoms with Gasteiger partial charge in [0.05, 0.1) is 30.8 Å². The summed E-state index contributed by atoms with van der Waals surface area (Å²) in [6.07, 6.45) is 0.530. The van der Waals surface area contributed by atoms with Gasteiger partial charge in [-0.25, -0.2) is 4.39 Å². The van der Waals surface area contributed by atoms with Gasteiger partial charge in [0, 0.05) is 36.7 Å². The van der Waals surface area contributed by atoms with Crippen molar-refractivity contribution in [3.05, 3.63) is 63.5 Å². The normalized spacial score (nSPS) is 18.5. The molecule has 2 aromatic carbocycles. The number of nitrogens with zero attached hydrogens (tertiary/aromatic N) is 2. The molecule has 2 heterocycles. The van der Waals surface area contributed by atoms with Gasteiger partial charge in [-0.15, -0.1) is 0 Å². The molecule has 2 aromatic rings. The summed E-state index contributed by atoms with van der Waals surface area (Å²) in [5.41, 5.74) is 0.936. The van der Waals surface area contributed by atoms with Crippen LogP contribution in [0.5, 0.6) is 5.75 Å². The Kier molecular flexibility index (Phi) is 5.30. The zero-order chi connectivity index (χ0) is 20.4. The average molecular weight is 401 g/mol. The Bertz CT molecular complexity index is 946. The van der Waals surface area contributed by atoms with E-state index in [0.29, 0.717) is 50.6 Å². The van der Waals surface area contributed by atoms with Crippen molar-refractivity contribution >= 4 is 17.3 Å². The van der Waals surface area contributed by atoms with Crippen LogP contribution in [0, 0.1) is 15.9 Å². The number of nitrogens with one attached hydrogen (secondary N) is 1. The summed E-state index contributed by atoms with van der Waals surface area (Å²) in [4.78, 5) is 25.4. The van der Waals surface area contributed by atoms with Crippen LogP contribution in [-0.2, 0) is 4.74 Å². The van der Waals surface area contributed by atoms with Crippen LogP contribution >= 0.6 is 0 Å². The molecule has 4 rings (SSSR count). The molecule has 2 aliphatic rings. The minimum Gasteiger partial charge on any atom is -0.493 e. The summed E-state index contributed by atoms with van der Waals surface area (Å²) in [5.74, 6) is -0.111. The highest BCUT2D eigenvalue weighted by atomic mass is 19.1. The third kappa shape index (κ3) is 4.00. The second kappa shape index (κ2) is 8.04. The fourth-order valence-corrected chi connectivity index (χ4v) is 3.59. The maximum atomic E-state index is 13.7. The van der Waals surface area contributed by atoms with Gasteiger partial charge < -0.3 is 19.7 Å². The first-order chi connectivity index (χ1) is 14.0. The van der Waals surface area contributed by atoms with E-state index in [1.54, 1.807) is 17.0 Å². The van der Waals surface area contributed by atoms with Gasteiger partial charge in [0.1, 0.15) is 17.3 Å². The van der Waals surface area contributed by atoms with Crippen LogP contribution in [0.3, 0.4) is 0 Å². The van der Waals surface area contributed by atoms with Gasteiger partial charge in [0.25, 0.3) is 11.6 Å². The summed E-state index contributed by atoms with van der Waals surface area (Å²) in [5, 5.41) is 14.8. The summed E-state index contributed by atoms with van der Waals surface area (Å²) < 4.78 is 24.5. The highest BCUT2D eigenvalue weighted by molar-refractivity contribution is 5.95. The number of rotatable bonds is 4. The zero-order valence-electron chi connectivity index (χ0n) is 15.6. The molecule has 0 saturated carbocycles. The molecule has 0 aliphatic carbocycles. The predicted molar refractivity (Wildman–Crippen MR) is 103 cm³/mol. The van der Waals surface area contributed by atoms with Crippen LogP contribution in [0.25, 0.3) is 0 Å². The van der Waals surface area contributed by atoms with E-state index in [1.165, 1.54) is 24.3 Å². The highest BCUT2D eigenvalue weighted by Gasteiger charge is 2.27. The van der Waals surface area contributed by atoms with Gasteiger partial charge in [0.15, 0.2) is 0 Å². The highest BCUT2D eigenvalue weighted by Crippen LogP contribution is 2.37. The van der Waals surface area contributed by atoms with Crippen molar-refractivity contribution in [2.24, 2.45) is 0 Å². The summed E-state index contributed by atoms with van der Waals surface area (Å²) >= 11 is 0. The van der Waals surface area contributed by atoms with Crippen molar-refractivity contribution < 1.29 is 23.6 Å². The summed E-state index contributed by atoms with van der Waals surface area (Å²) in [6, 6.07) is 8.28. The van der Waals surface area contributed by atoms with E-state index in [-0.39, 0.29) is 28.9 Å². The monoisotopic (exact) mass is 401 g/mol. The van der Waals surface area contributed by atoms with E-state index in [1.807, 2.05) is 0 Å². The molecule has 2 aliphatic heterocycles. The van der Waals surface area contributed by atoms with E-state index >= 15 is 0 Å². The Balaban J connectivity index is 1.61. The Labute approximate surface area is 166 Å². The number of halogens is 1. The molecule has 8 nitrogen and oxygen atoms in total. The topological polar surface area (TPSA) is 93.9 Å². The van der Waals surface area contributed by atoms with E-state index in [2.05, 4.69) is 5.32 Å². The Morgan fingerprint density at radius 1 is 1.17 bits per heavy atom. The van der Waals surface area contributed by atoms with Gasteiger partial charge in [-0.05, 0) is 30.3 Å². The molecule has 1 saturated heterocycles. The van der Waals surface area contributed by atoms with Crippen LogP contribution in [0.1, 0.15) is 28.4 Å². The first kappa shape index (κ1) is 19.1. The number of nitro benzene ring substituents is 1. The molecule has 152 valence electrons. The van der Waals surface area contributed by atoms with Crippen LogP contribution < -0.4 is 10.1 Å². The number of anilines is 1. The standard InChI is InChI=1S/C20H20FN3O5/c21-14-2-4-19-15(12-14)16(5-8-29-19)22-17-3-1-13(11-18(17)24(26)27)20(25)23-6-9-28-10-7-23/h1-4,11-12,16,22H,5-10H2. The number of carbonyl (C=O) groups is 1. The van der Waals surface area contributed by atoms with E-state index in [9.17, 15) is 19.3 Å². The van der Waals surface area contributed by atoms with Gasteiger partial charge in [-0.2, -0.15) is 0 Å². The Morgan fingerprint density at radius 3 is 2.72 bits per heavy atom. The number of morpholine rings is 1. The number of fused-ring (bicyclic) bond motifs is 1. The molecule has 1 fully saturated rings. The van der Waals surface area contributed by atoms with Crippen LogP contribution in [-0.4, -0.2) is 48.6 Å². The zero-order valence-corrected chi connectivity index (χ0v) is 15.6. The molecular weight excluding hydrogens is 381 g/mol. The maximum absolute atomic E-state index is 13.7. The third-order valence-corrected chi connectivity index (χ3v) is 5.08. The van der Waals surface area contributed by atoms with Crippen molar-refractivity contribution in [3.8, 4) is 5.75 Å². The lowest BCUT2D eigenvalue weighted by Crippen LogP contribution is -2.40. The molecule has 9 heteroatoms. The molecule has 0 bridgehead atoms. The van der Waals surface area contributed by atoms with Crippen LogP contribution in [0.4, 0.5) is 15.8 Å². The summed E-state index contributed by atoms with van der Waals surface area (Å²) in [6.45, 7) is 2.23. The summed E-state index contributed by atoms with van der Waals surface area (Å²) in [7, 11) is 0. The van der Waals surface area contributed by atoms with Gasteiger partial charge in [0.2, 0.25) is 0 Å². The third-order valence-electron chi connectivity index (χ3n) is 5.08. The minimum absolute atomic E-state index is 0.200. The second-order valence-electron chi connectivity index (χ2n) is 6.91. The van der Waals surface area contributed by atoms with Crippen molar-refractivity contribution in [1.29, 1.82) is 0 Å². The van der Waals surface area contributed by atoms with Gasteiger partial charge in [-0.3, -0.25) is 14.9 Å². The molecule has 1 amide bonds. The van der Waals surface area contributed by atoms with Crippen molar-refractivity contribution in [2.75, 3.05) is 38.2 Å². The number of nitro groups is 1. The molecule has 1 atom stereocenters. The number of benzene rings is 2. The van der Waals surface area contributed by atoms with E-state index in [4.69, 9.17) is 9.47 Å². The van der Waals surface area contributed by atoms with E-state index < -0.39 is 10.7 Å². The molecule has 1 unspecified atom stereocenters. The predicted octanol–water partition coefficient (Wildman–Crippen LogP) is 3.14. The molecule has 0 spiro atoms. The van der Waals surface area contributed by atoms with Crippen LogP contribution in [0.15, 0.2) is 36.4 Å². The number of carbonyl (C=O) groups excluding carboxylic acids is 1. The first-order valence-corrected chi connectivity index (χ1v) is 9.37. The number of hydrogen-bond acceptors (Lipinski definition) is 6. The lowest BCUT2D eigenvalue weighted by molar-refractivity contribution is -0.384. The fourth-order valence-electron chi connectivity index (χ4n) is 3.59. The molecule has 0 radical (unpaired) electrons. The van der Waals surface area contributed by atoms with Gasteiger partial charge in [-0.1, -0.05) is 0 Å². The second-order valence-corrected chi connectivity index (χ2v) is 6.91. The minimum atomic E-state index is -0.524. The SMILES string of the molecule is O=C(c1ccc(NC2CCOc3ccc(F)cc32)c([N+](=O)[O-])c1)N1CCOCC1. The Morgan fingerprint density at radius 2 is 1.97 bits per heavy atom. The van der Waals surface area contributed by atoms with Crippen molar-refractivity contribution in [1.82, 2.24) is 4.90 Å². The molecule has 1 N–H and O–H groups in total. The quantitative estimate of drug-likeness (QED) is 0.625. The fraction of sp³-hybridized carbons (Fsp3) is 0.350. The molecule has 0 aromatic heterocycles. The number of hydrogen-bond donors (Lipinski definition) is 1. The van der Waals surface area contributed by atoms with Crippen LogP contribution in [0.2, 0.25) is 0 Å². The average Bonchev–Trinajstić information content (AvgIpc) is 2.74. The smallest absolute Gasteiger partial charge is 0.293 e. The molecule has 29 heavy (non-hydrogen) atoms. The van der Waals surface area contributed by atoms with Gasteiger partial charge >= 0.3 is 0 Å².